The molecule has 0 bridgehead atoms. The summed E-state index contributed by atoms with van der Waals surface area (Å²) in [5.74, 6) is 0.528. The summed E-state index contributed by atoms with van der Waals surface area (Å²) in [6.07, 6.45) is 4.61. The van der Waals surface area contributed by atoms with E-state index in [0.717, 1.165) is 24.9 Å². The van der Waals surface area contributed by atoms with Crippen LogP contribution in [0.25, 0.3) is 0 Å². The quantitative estimate of drug-likeness (QED) is 0.801. The molecule has 0 aliphatic carbocycles. The zero-order chi connectivity index (χ0) is 10.5. The van der Waals surface area contributed by atoms with E-state index in [1.807, 2.05) is 6.07 Å². The molecule has 1 radical (unpaired) electrons. The lowest BCUT2D eigenvalue weighted by Gasteiger charge is -2.21. The first-order valence-corrected chi connectivity index (χ1v) is 5.66. The molecule has 1 aliphatic rings. The average Bonchev–Trinajstić information content (AvgIpc) is 2.28. The number of hydrogen-bond donors (Lipinski definition) is 1. The van der Waals surface area contributed by atoms with Crippen LogP contribution in [0.2, 0.25) is 0 Å². The maximum absolute atomic E-state index is 12.9. The Kier molecular flexibility index (Phi) is 3.73. The molecule has 81 valence electrons. The van der Waals surface area contributed by atoms with Crippen LogP contribution >= 0.6 is 0 Å². The lowest BCUT2D eigenvalue weighted by Crippen LogP contribution is -2.24. The minimum Gasteiger partial charge on any atom is -0.312 e. The van der Waals surface area contributed by atoms with Gasteiger partial charge in [0.2, 0.25) is 0 Å². The van der Waals surface area contributed by atoms with Crippen LogP contribution in [0.5, 0.6) is 0 Å². The van der Waals surface area contributed by atoms with Gasteiger partial charge in [-0.15, -0.1) is 0 Å². The third-order valence-electron chi connectivity index (χ3n) is 2.94. The molecule has 1 saturated heterocycles. The third-order valence-corrected chi connectivity index (χ3v) is 2.94. The average molecular weight is 206 g/mol. The maximum Gasteiger partial charge on any atom is 0.123 e. The Balaban J connectivity index is 1.81. The molecule has 0 aromatic heterocycles. The van der Waals surface area contributed by atoms with Crippen molar-refractivity contribution in [2.45, 2.75) is 25.7 Å². The number of rotatable bonds is 3. The van der Waals surface area contributed by atoms with Crippen LogP contribution in [-0.4, -0.2) is 6.54 Å². The van der Waals surface area contributed by atoms with E-state index in [-0.39, 0.29) is 5.82 Å². The Morgan fingerprint density at radius 3 is 3.07 bits per heavy atom. The molecule has 2 rings (SSSR count). The van der Waals surface area contributed by atoms with Crippen LogP contribution in [-0.2, 0) is 6.42 Å². The summed E-state index contributed by atoms with van der Waals surface area (Å²) >= 11 is 0. The van der Waals surface area contributed by atoms with Gasteiger partial charge in [0.15, 0.2) is 0 Å². The van der Waals surface area contributed by atoms with Crippen LogP contribution < -0.4 is 5.32 Å². The fourth-order valence-corrected chi connectivity index (χ4v) is 2.07. The van der Waals surface area contributed by atoms with Crippen LogP contribution in [0.3, 0.4) is 0 Å². The number of benzene rings is 1. The van der Waals surface area contributed by atoms with Gasteiger partial charge in [0, 0.05) is 6.54 Å². The minimum absolute atomic E-state index is 0.127. The Morgan fingerprint density at radius 1 is 1.40 bits per heavy atom. The predicted molar refractivity (Wildman–Crippen MR) is 59.7 cm³/mol. The van der Waals surface area contributed by atoms with Gasteiger partial charge in [0.25, 0.3) is 0 Å². The number of aryl methyl sites for hydroxylation is 1. The molecule has 1 nitrogen and oxygen atoms in total. The first kappa shape index (κ1) is 10.6. The van der Waals surface area contributed by atoms with Gasteiger partial charge in [-0.25, -0.2) is 4.39 Å². The standard InChI is InChI=1S/C13H17FN/c14-13-5-1-3-11(9-13)6-7-12-4-2-8-15-10-12/h1,3,5,9-10,12,15H,2,4,6-8H2. The fraction of sp³-hybridized carbons (Fsp3) is 0.462. The monoisotopic (exact) mass is 206 g/mol. The molecule has 1 aliphatic heterocycles. The van der Waals surface area contributed by atoms with Gasteiger partial charge >= 0.3 is 0 Å². The summed E-state index contributed by atoms with van der Waals surface area (Å²) in [7, 11) is 0. The van der Waals surface area contributed by atoms with Crippen LogP contribution in [0, 0.1) is 18.3 Å². The van der Waals surface area contributed by atoms with Crippen LogP contribution in [0.15, 0.2) is 24.3 Å². The normalized spacial score (nSPS) is 21.5. The molecule has 2 heteroatoms. The largest absolute Gasteiger partial charge is 0.312 e. The summed E-state index contributed by atoms with van der Waals surface area (Å²) in [4.78, 5) is 0. The Hall–Kier alpha value is -0.890. The predicted octanol–water partition coefficient (Wildman–Crippen LogP) is 2.92. The summed E-state index contributed by atoms with van der Waals surface area (Å²) in [5.41, 5.74) is 1.11. The smallest absolute Gasteiger partial charge is 0.123 e. The van der Waals surface area contributed by atoms with Crippen LogP contribution in [0.1, 0.15) is 24.8 Å². The van der Waals surface area contributed by atoms with E-state index in [9.17, 15) is 4.39 Å². The van der Waals surface area contributed by atoms with Crippen molar-refractivity contribution >= 4 is 0 Å². The van der Waals surface area contributed by atoms with Gasteiger partial charge in [0.05, 0.1) is 0 Å². The highest BCUT2D eigenvalue weighted by Crippen LogP contribution is 2.19. The SMILES string of the molecule is Fc1cccc(CCC2[CH]NCCC2)c1. The van der Waals surface area contributed by atoms with Crippen molar-refractivity contribution in [3.63, 3.8) is 0 Å². The van der Waals surface area contributed by atoms with Crippen LogP contribution in [0.4, 0.5) is 4.39 Å². The maximum atomic E-state index is 12.9. The van der Waals surface area contributed by atoms with Gasteiger partial charge < -0.3 is 5.32 Å². The third kappa shape index (κ3) is 3.31. The molecule has 1 fully saturated rings. The Bertz CT molecular complexity index is 305. The van der Waals surface area contributed by atoms with E-state index < -0.39 is 0 Å². The molecule has 1 unspecified atom stereocenters. The van der Waals surface area contributed by atoms with E-state index >= 15 is 0 Å². The molecule has 1 aromatic carbocycles. The summed E-state index contributed by atoms with van der Waals surface area (Å²) in [5, 5.41) is 3.28. The number of nitrogens with one attached hydrogen (secondary N) is 1. The summed E-state index contributed by atoms with van der Waals surface area (Å²) < 4.78 is 12.9. The Morgan fingerprint density at radius 2 is 2.33 bits per heavy atom. The molecular formula is C13H17FN. The molecular weight excluding hydrogens is 189 g/mol. The molecule has 15 heavy (non-hydrogen) atoms. The first-order chi connectivity index (χ1) is 7.34. The lowest BCUT2D eigenvalue weighted by molar-refractivity contribution is 0.412. The van der Waals surface area contributed by atoms with Gasteiger partial charge in [-0.2, -0.15) is 0 Å². The molecule has 1 N–H and O–H groups in total. The molecule has 1 heterocycles. The van der Waals surface area contributed by atoms with Crippen molar-refractivity contribution in [1.29, 1.82) is 0 Å². The molecule has 0 saturated carbocycles. The molecule has 0 spiro atoms. The van der Waals surface area contributed by atoms with E-state index in [4.69, 9.17) is 0 Å². The van der Waals surface area contributed by atoms with Gasteiger partial charge in [-0.1, -0.05) is 12.1 Å². The topological polar surface area (TPSA) is 12.0 Å². The van der Waals surface area contributed by atoms with E-state index in [2.05, 4.69) is 11.9 Å². The lowest BCUT2D eigenvalue weighted by atomic mass is 9.93. The van der Waals surface area contributed by atoms with Crippen molar-refractivity contribution < 1.29 is 4.39 Å². The first-order valence-electron chi connectivity index (χ1n) is 5.66. The molecule has 1 atom stereocenters. The Labute approximate surface area is 90.7 Å². The van der Waals surface area contributed by atoms with Crippen molar-refractivity contribution in [3.8, 4) is 0 Å². The molecule has 0 amide bonds. The van der Waals surface area contributed by atoms with E-state index in [1.54, 1.807) is 12.1 Å². The van der Waals surface area contributed by atoms with Gasteiger partial charge in [-0.05, 0) is 55.8 Å². The minimum atomic E-state index is -0.127. The number of piperidine rings is 1. The zero-order valence-electron chi connectivity index (χ0n) is 8.88. The zero-order valence-corrected chi connectivity index (χ0v) is 8.88. The highest BCUT2D eigenvalue weighted by Gasteiger charge is 2.12. The van der Waals surface area contributed by atoms with E-state index in [0.29, 0.717) is 5.92 Å². The second-order valence-corrected chi connectivity index (χ2v) is 4.19. The van der Waals surface area contributed by atoms with Gasteiger partial charge in [0.1, 0.15) is 5.82 Å². The summed E-state index contributed by atoms with van der Waals surface area (Å²) in [6, 6.07) is 6.92. The summed E-state index contributed by atoms with van der Waals surface area (Å²) in [6.45, 7) is 3.30. The number of hydrogen-bond acceptors (Lipinski definition) is 1. The fourth-order valence-electron chi connectivity index (χ4n) is 2.07. The molecule has 1 aromatic rings. The van der Waals surface area contributed by atoms with Crippen molar-refractivity contribution in [2.75, 3.05) is 6.54 Å². The second kappa shape index (κ2) is 5.26. The van der Waals surface area contributed by atoms with Gasteiger partial charge in [-0.3, -0.25) is 0 Å². The highest BCUT2D eigenvalue weighted by molar-refractivity contribution is 5.16. The highest BCUT2D eigenvalue weighted by atomic mass is 19.1. The van der Waals surface area contributed by atoms with Crippen molar-refractivity contribution in [2.24, 2.45) is 5.92 Å². The van der Waals surface area contributed by atoms with Crippen molar-refractivity contribution in [1.82, 2.24) is 5.32 Å². The van der Waals surface area contributed by atoms with Crippen molar-refractivity contribution in [3.05, 3.63) is 42.2 Å². The van der Waals surface area contributed by atoms with E-state index in [1.165, 1.54) is 18.9 Å². The number of halogens is 1. The second-order valence-electron chi connectivity index (χ2n) is 4.19.